The van der Waals surface area contributed by atoms with Gasteiger partial charge in [-0.3, -0.25) is 18.9 Å². The summed E-state index contributed by atoms with van der Waals surface area (Å²) in [5.74, 6) is -0.740. The van der Waals surface area contributed by atoms with Gasteiger partial charge in [-0.15, -0.1) is 0 Å². The van der Waals surface area contributed by atoms with E-state index in [0.717, 1.165) is 6.92 Å². The standard InChI is InChI=1S/C13H15NO8S2/c1-8-9(11(15)14-12(16)10(8)23(17,18)19)7-13(24(20,21)22)5-3-2-4-6-13/h2-5H,6-7H2,1H3,(H2,14,15,16)(H,17,18,19)(H,20,21,22). The Hall–Kier alpha value is -1.95. The van der Waals surface area contributed by atoms with Crippen molar-refractivity contribution in [2.24, 2.45) is 0 Å². The summed E-state index contributed by atoms with van der Waals surface area (Å²) in [7, 11) is -9.53. The normalized spacial score (nSPS) is 21.1. The monoisotopic (exact) mass is 377 g/mol. The molecule has 0 aromatic carbocycles. The highest BCUT2D eigenvalue weighted by molar-refractivity contribution is 7.87. The van der Waals surface area contributed by atoms with E-state index in [-0.39, 0.29) is 17.5 Å². The predicted octanol–water partition coefficient (Wildman–Crippen LogP) is 0.321. The third kappa shape index (κ3) is 3.15. The maximum atomic E-state index is 11.8. The molecule has 0 spiro atoms. The van der Waals surface area contributed by atoms with Crippen molar-refractivity contribution in [3.05, 3.63) is 45.8 Å². The highest BCUT2D eigenvalue weighted by Gasteiger charge is 2.42. The fourth-order valence-electron chi connectivity index (χ4n) is 2.61. The molecule has 132 valence electrons. The third-order valence-corrected chi connectivity index (χ3v) is 6.36. The molecule has 1 atom stereocenters. The van der Waals surface area contributed by atoms with Crippen molar-refractivity contribution >= 4 is 20.2 Å². The fraction of sp³-hybridized carbons (Fsp3) is 0.308. The van der Waals surface area contributed by atoms with E-state index in [2.05, 4.69) is 0 Å². The van der Waals surface area contributed by atoms with Crippen LogP contribution in [-0.4, -0.2) is 40.8 Å². The van der Waals surface area contributed by atoms with Crippen LogP contribution in [0.4, 0.5) is 0 Å². The van der Waals surface area contributed by atoms with Crippen LogP contribution >= 0.6 is 0 Å². The Labute approximate surface area is 137 Å². The van der Waals surface area contributed by atoms with Gasteiger partial charge in [-0.1, -0.05) is 24.3 Å². The number of H-pyrrole nitrogens is 1. The number of aromatic hydroxyl groups is 1. The number of hydrogen-bond donors (Lipinski definition) is 4. The smallest absolute Gasteiger partial charge is 0.300 e. The first-order chi connectivity index (χ1) is 10.9. The number of aromatic amines is 1. The van der Waals surface area contributed by atoms with E-state index in [4.69, 9.17) is 0 Å². The lowest BCUT2D eigenvalue weighted by Crippen LogP contribution is -2.39. The average molecular weight is 377 g/mol. The first kappa shape index (κ1) is 18.4. The Morgan fingerprint density at radius 2 is 1.83 bits per heavy atom. The highest BCUT2D eigenvalue weighted by atomic mass is 32.2. The van der Waals surface area contributed by atoms with Crippen LogP contribution in [0.25, 0.3) is 0 Å². The lowest BCUT2D eigenvalue weighted by Gasteiger charge is -2.28. The maximum absolute atomic E-state index is 11.8. The van der Waals surface area contributed by atoms with Crippen LogP contribution in [0, 0.1) is 6.92 Å². The third-order valence-electron chi connectivity index (χ3n) is 3.88. The van der Waals surface area contributed by atoms with Crippen LogP contribution in [0.1, 0.15) is 17.5 Å². The highest BCUT2D eigenvalue weighted by Crippen LogP contribution is 2.34. The Balaban J connectivity index is 2.72. The quantitative estimate of drug-likeness (QED) is 0.545. The van der Waals surface area contributed by atoms with Crippen LogP contribution in [0.3, 0.4) is 0 Å². The number of allylic oxidation sites excluding steroid dienone is 3. The van der Waals surface area contributed by atoms with Gasteiger partial charge in [0.05, 0.1) is 0 Å². The molecule has 0 bridgehead atoms. The number of rotatable bonds is 4. The summed E-state index contributed by atoms with van der Waals surface area (Å²) in [4.78, 5) is 12.5. The zero-order valence-corrected chi connectivity index (χ0v) is 14.1. The fourth-order valence-corrected chi connectivity index (χ4v) is 4.29. The Kier molecular flexibility index (Phi) is 4.48. The van der Waals surface area contributed by atoms with Crippen LogP contribution in [0.2, 0.25) is 0 Å². The van der Waals surface area contributed by atoms with E-state index in [9.17, 15) is 35.8 Å². The van der Waals surface area contributed by atoms with Gasteiger partial charge in [0.15, 0.2) is 10.8 Å². The van der Waals surface area contributed by atoms with Gasteiger partial charge in [-0.2, -0.15) is 16.8 Å². The van der Waals surface area contributed by atoms with E-state index in [1.807, 2.05) is 4.98 Å². The number of hydrogen-bond acceptors (Lipinski definition) is 6. The summed E-state index contributed by atoms with van der Waals surface area (Å²) in [5, 5.41) is 9.92. The van der Waals surface area contributed by atoms with Gasteiger partial charge in [-0.05, 0) is 18.9 Å². The largest absolute Gasteiger partial charge is 0.494 e. The van der Waals surface area contributed by atoms with Gasteiger partial charge in [-0.25, -0.2) is 0 Å². The van der Waals surface area contributed by atoms with Crippen LogP contribution < -0.4 is 5.56 Å². The summed E-state index contributed by atoms with van der Waals surface area (Å²) in [6.07, 6.45) is 5.01. The van der Waals surface area contributed by atoms with E-state index in [1.54, 1.807) is 6.08 Å². The van der Waals surface area contributed by atoms with Gasteiger partial charge >= 0.3 is 0 Å². The molecule has 1 aromatic heterocycles. The van der Waals surface area contributed by atoms with Crippen LogP contribution in [-0.2, 0) is 26.7 Å². The molecule has 0 saturated carbocycles. The van der Waals surface area contributed by atoms with Crippen molar-refractivity contribution in [2.45, 2.75) is 29.4 Å². The second-order valence-corrected chi connectivity index (χ2v) is 8.54. The predicted molar refractivity (Wildman–Crippen MR) is 84.2 cm³/mol. The molecule has 1 heterocycles. The Morgan fingerprint density at radius 3 is 2.29 bits per heavy atom. The number of nitrogens with one attached hydrogen (secondary N) is 1. The minimum absolute atomic E-state index is 0.123. The van der Waals surface area contributed by atoms with Gasteiger partial charge in [0, 0.05) is 12.0 Å². The maximum Gasteiger partial charge on any atom is 0.300 e. The molecule has 9 nitrogen and oxygen atoms in total. The summed E-state index contributed by atoms with van der Waals surface area (Å²) >= 11 is 0. The molecule has 0 radical (unpaired) electrons. The molecule has 1 aliphatic carbocycles. The lowest BCUT2D eigenvalue weighted by atomic mass is 9.90. The molecule has 2 rings (SSSR count). The van der Waals surface area contributed by atoms with Crippen molar-refractivity contribution in [1.29, 1.82) is 0 Å². The SMILES string of the molecule is Cc1c(CC2(S(=O)(=O)O)C=CC=CC2)c(O)[nH]c(=O)c1S(=O)(=O)O. The summed E-state index contributed by atoms with van der Waals surface area (Å²) < 4.78 is 63.3. The van der Waals surface area contributed by atoms with Gasteiger partial charge in [0.1, 0.15) is 4.75 Å². The second kappa shape index (κ2) is 5.84. The molecule has 1 unspecified atom stereocenters. The van der Waals surface area contributed by atoms with Crippen LogP contribution in [0.15, 0.2) is 34.0 Å². The van der Waals surface area contributed by atoms with E-state index >= 15 is 0 Å². The molecular formula is C13H15NO8S2. The van der Waals surface area contributed by atoms with Crippen molar-refractivity contribution in [2.75, 3.05) is 0 Å². The van der Waals surface area contributed by atoms with Crippen molar-refractivity contribution in [1.82, 2.24) is 4.98 Å². The van der Waals surface area contributed by atoms with Crippen molar-refractivity contribution in [3.63, 3.8) is 0 Å². The van der Waals surface area contributed by atoms with Gasteiger partial charge in [0.25, 0.3) is 25.8 Å². The lowest BCUT2D eigenvalue weighted by molar-refractivity contribution is 0.424. The second-order valence-electron chi connectivity index (χ2n) is 5.42. The summed E-state index contributed by atoms with van der Waals surface area (Å²) in [5.41, 5.74) is -1.76. The topological polar surface area (TPSA) is 162 Å². The number of pyridine rings is 1. The van der Waals surface area contributed by atoms with Gasteiger partial charge in [0.2, 0.25) is 0 Å². The van der Waals surface area contributed by atoms with E-state index < -0.39 is 47.7 Å². The zero-order chi connectivity index (χ0) is 18.3. The molecule has 24 heavy (non-hydrogen) atoms. The minimum atomic E-state index is -4.90. The van der Waals surface area contributed by atoms with Crippen molar-refractivity contribution in [3.8, 4) is 5.88 Å². The molecule has 1 aromatic rings. The molecule has 0 saturated heterocycles. The molecule has 11 heteroatoms. The van der Waals surface area contributed by atoms with E-state index in [1.165, 1.54) is 18.2 Å². The van der Waals surface area contributed by atoms with Gasteiger partial charge < -0.3 is 5.11 Å². The minimum Gasteiger partial charge on any atom is -0.494 e. The first-order valence-corrected chi connectivity index (χ1v) is 9.51. The summed E-state index contributed by atoms with van der Waals surface area (Å²) in [6, 6.07) is 0. The van der Waals surface area contributed by atoms with E-state index in [0.29, 0.717) is 0 Å². The average Bonchev–Trinajstić information content (AvgIpc) is 2.41. The molecule has 4 N–H and O–H groups in total. The molecule has 0 amide bonds. The van der Waals surface area contributed by atoms with Crippen LogP contribution in [0.5, 0.6) is 5.88 Å². The first-order valence-electron chi connectivity index (χ1n) is 6.63. The molecular weight excluding hydrogens is 362 g/mol. The Morgan fingerprint density at radius 1 is 1.21 bits per heavy atom. The zero-order valence-electron chi connectivity index (χ0n) is 12.4. The Bertz CT molecular complexity index is 1000. The number of aromatic nitrogens is 1. The molecule has 1 aliphatic rings. The molecule has 0 fully saturated rings. The van der Waals surface area contributed by atoms with Crippen molar-refractivity contribution < 1.29 is 31.0 Å². The molecule has 0 aliphatic heterocycles. The summed E-state index contributed by atoms with van der Waals surface area (Å²) in [6.45, 7) is 1.15.